The molecular weight excluding hydrogens is 265 g/mol. The predicted octanol–water partition coefficient (Wildman–Crippen LogP) is 2.40. The maximum absolute atomic E-state index is 12.1. The monoisotopic (exact) mass is 274 g/mol. The first-order chi connectivity index (χ1) is 7.28. The Labute approximate surface area is 95.2 Å². The van der Waals surface area contributed by atoms with Gasteiger partial charge in [-0.2, -0.15) is 33.4 Å². The van der Waals surface area contributed by atoms with E-state index in [4.69, 9.17) is 0 Å². The summed E-state index contributed by atoms with van der Waals surface area (Å²) in [7, 11) is -5.49. The maximum Gasteiger partial charge on any atom is 0.534 e. The van der Waals surface area contributed by atoms with Crippen LogP contribution in [0.5, 0.6) is 0 Å². The molecule has 2 rings (SSSR count). The first kappa shape index (κ1) is 12.1. The molecule has 16 heavy (non-hydrogen) atoms. The molecule has 3 nitrogen and oxygen atoms in total. The van der Waals surface area contributed by atoms with Crippen molar-refractivity contribution in [1.29, 1.82) is 0 Å². The van der Waals surface area contributed by atoms with Gasteiger partial charge in [0.15, 0.2) is 0 Å². The van der Waals surface area contributed by atoms with E-state index in [1.165, 1.54) is 6.08 Å². The zero-order chi connectivity index (χ0) is 12.0. The van der Waals surface area contributed by atoms with Crippen molar-refractivity contribution in [3.63, 3.8) is 0 Å². The van der Waals surface area contributed by atoms with Gasteiger partial charge < -0.3 is 4.18 Å². The molecule has 8 heteroatoms. The Kier molecular flexibility index (Phi) is 2.90. The van der Waals surface area contributed by atoms with Crippen LogP contribution in [0.3, 0.4) is 0 Å². The van der Waals surface area contributed by atoms with Crippen LogP contribution in [0.25, 0.3) is 0 Å². The molecule has 0 radical (unpaired) electrons. The normalized spacial score (nSPS) is 30.1. The van der Waals surface area contributed by atoms with Crippen molar-refractivity contribution >= 4 is 21.9 Å². The van der Waals surface area contributed by atoms with Crippen LogP contribution in [-0.4, -0.2) is 24.4 Å². The van der Waals surface area contributed by atoms with Crippen LogP contribution in [0, 0.1) is 0 Å². The Morgan fingerprint density at radius 2 is 2.06 bits per heavy atom. The fraction of sp³-hybridized carbons (Fsp3) is 0.750. The van der Waals surface area contributed by atoms with E-state index in [-0.39, 0.29) is 22.7 Å². The number of alkyl halides is 3. The van der Waals surface area contributed by atoms with E-state index < -0.39 is 15.6 Å². The van der Waals surface area contributed by atoms with Gasteiger partial charge in [-0.25, -0.2) is 0 Å². The first-order valence-electron chi connectivity index (χ1n) is 4.65. The third-order valence-electron chi connectivity index (χ3n) is 2.44. The molecule has 2 aliphatic heterocycles. The molecule has 0 aromatic carbocycles. The lowest BCUT2D eigenvalue weighted by Crippen LogP contribution is -2.26. The number of rotatable bonds is 2. The highest BCUT2D eigenvalue weighted by molar-refractivity contribution is 8.01. The molecule has 2 atom stereocenters. The fourth-order valence-electron chi connectivity index (χ4n) is 1.76. The highest BCUT2D eigenvalue weighted by atomic mass is 32.2. The van der Waals surface area contributed by atoms with Gasteiger partial charge in [0.25, 0.3) is 0 Å². The lowest BCUT2D eigenvalue weighted by atomic mass is 10.2. The maximum atomic E-state index is 12.1. The van der Waals surface area contributed by atoms with Gasteiger partial charge in [0.05, 0.1) is 0 Å². The van der Waals surface area contributed by atoms with Crippen LogP contribution in [0.1, 0.15) is 19.3 Å². The first-order valence-corrected chi connectivity index (χ1v) is 7.00. The minimum atomic E-state index is -5.49. The Morgan fingerprint density at radius 3 is 2.62 bits per heavy atom. The van der Waals surface area contributed by atoms with Crippen molar-refractivity contribution in [3.05, 3.63) is 11.8 Å². The molecular formula is C8H9F3O3S2. The van der Waals surface area contributed by atoms with Crippen molar-refractivity contribution < 1.29 is 25.8 Å². The summed E-state index contributed by atoms with van der Waals surface area (Å²) in [5, 5.41) is 0.283. The van der Waals surface area contributed by atoms with Gasteiger partial charge in [0.2, 0.25) is 0 Å². The van der Waals surface area contributed by atoms with Crippen molar-refractivity contribution in [3.8, 4) is 0 Å². The molecule has 0 aromatic heterocycles. The zero-order valence-electron chi connectivity index (χ0n) is 8.03. The number of hydrogen-bond acceptors (Lipinski definition) is 4. The van der Waals surface area contributed by atoms with Gasteiger partial charge in [-0.1, -0.05) is 0 Å². The van der Waals surface area contributed by atoms with E-state index in [1.807, 2.05) is 0 Å². The summed E-state index contributed by atoms with van der Waals surface area (Å²) in [4.78, 5) is 0. The van der Waals surface area contributed by atoms with Gasteiger partial charge >= 0.3 is 15.6 Å². The lowest BCUT2D eigenvalue weighted by Gasteiger charge is -2.19. The predicted molar refractivity (Wildman–Crippen MR) is 53.2 cm³/mol. The summed E-state index contributed by atoms with van der Waals surface area (Å²) in [5.41, 5.74) is -5.35. The molecule has 0 aromatic rings. The molecule has 2 heterocycles. The number of hydrogen-bond donors (Lipinski definition) is 0. The van der Waals surface area contributed by atoms with Crippen LogP contribution in [-0.2, 0) is 14.3 Å². The summed E-state index contributed by atoms with van der Waals surface area (Å²) in [6, 6.07) is 0. The van der Waals surface area contributed by atoms with Gasteiger partial charge in [-0.15, -0.1) is 0 Å². The van der Waals surface area contributed by atoms with E-state index in [1.54, 1.807) is 11.8 Å². The Morgan fingerprint density at radius 1 is 1.38 bits per heavy atom. The van der Waals surface area contributed by atoms with Gasteiger partial charge in [0, 0.05) is 16.9 Å². The summed E-state index contributed by atoms with van der Waals surface area (Å²) in [6.45, 7) is 0. The minimum Gasteiger partial charge on any atom is -0.381 e. The fourth-order valence-corrected chi connectivity index (χ4v) is 3.79. The Balaban J connectivity index is 2.12. The van der Waals surface area contributed by atoms with Gasteiger partial charge in [-0.3, -0.25) is 0 Å². The second kappa shape index (κ2) is 3.83. The molecule has 2 unspecified atom stereocenters. The largest absolute Gasteiger partial charge is 0.534 e. The topological polar surface area (TPSA) is 43.4 Å². The lowest BCUT2D eigenvalue weighted by molar-refractivity contribution is -0.0523. The van der Waals surface area contributed by atoms with Crippen molar-refractivity contribution in [1.82, 2.24) is 0 Å². The van der Waals surface area contributed by atoms with Crippen LogP contribution >= 0.6 is 11.8 Å². The van der Waals surface area contributed by atoms with Crippen molar-refractivity contribution in [2.45, 2.75) is 35.3 Å². The second-order valence-electron chi connectivity index (χ2n) is 3.69. The summed E-state index contributed by atoms with van der Waals surface area (Å²) in [6.07, 6.45) is 3.51. The average molecular weight is 274 g/mol. The standard InChI is InChI=1S/C8H9F3O3S2/c9-8(10,11)16(12,13)14-5-3-6-1-2-7(4-5)15-6/h3,6-7H,1-2,4H2. The average Bonchev–Trinajstić information content (AvgIpc) is 2.43. The SMILES string of the molecule is O=S(=O)(OC1=CC2CCC(C1)S2)C(F)(F)F. The van der Waals surface area contributed by atoms with E-state index in [9.17, 15) is 21.6 Å². The third-order valence-corrected chi connectivity index (χ3v) is 4.95. The number of fused-ring (bicyclic) bond motifs is 2. The van der Waals surface area contributed by atoms with Crippen molar-refractivity contribution in [2.24, 2.45) is 0 Å². The zero-order valence-corrected chi connectivity index (χ0v) is 9.66. The molecule has 92 valence electrons. The molecule has 0 spiro atoms. The molecule has 1 saturated heterocycles. The van der Waals surface area contributed by atoms with E-state index >= 15 is 0 Å². The van der Waals surface area contributed by atoms with Crippen LogP contribution in [0.4, 0.5) is 13.2 Å². The number of thioether (sulfide) groups is 1. The highest BCUT2D eigenvalue weighted by Gasteiger charge is 2.49. The smallest absolute Gasteiger partial charge is 0.381 e. The van der Waals surface area contributed by atoms with Gasteiger partial charge in [0.1, 0.15) is 5.76 Å². The Bertz CT molecular complexity index is 413. The molecule has 0 saturated carbocycles. The summed E-state index contributed by atoms with van der Waals surface area (Å²) < 4.78 is 61.8. The molecule has 2 aliphatic rings. The van der Waals surface area contributed by atoms with E-state index in [0.29, 0.717) is 0 Å². The minimum absolute atomic E-state index is 0.0661. The molecule has 0 aliphatic carbocycles. The number of allylic oxidation sites excluding steroid dienone is 1. The van der Waals surface area contributed by atoms with Crippen LogP contribution in [0.15, 0.2) is 11.8 Å². The Hall–Kier alpha value is -0.370. The molecule has 1 fully saturated rings. The van der Waals surface area contributed by atoms with Crippen LogP contribution in [0.2, 0.25) is 0 Å². The van der Waals surface area contributed by atoms with E-state index in [2.05, 4.69) is 4.18 Å². The molecule has 0 amide bonds. The second-order valence-corrected chi connectivity index (χ2v) is 6.78. The quantitative estimate of drug-likeness (QED) is 0.573. The molecule has 2 bridgehead atoms. The summed E-state index contributed by atoms with van der Waals surface area (Å²) in [5.74, 6) is -0.0661. The van der Waals surface area contributed by atoms with E-state index in [0.717, 1.165) is 12.8 Å². The van der Waals surface area contributed by atoms with Gasteiger partial charge in [-0.05, 0) is 18.9 Å². The molecule has 0 N–H and O–H groups in total. The third kappa shape index (κ3) is 2.32. The highest BCUT2D eigenvalue weighted by Crippen LogP contribution is 2.43. The van der Waals surface area contributed by atoms with Crippen molar-refractivity contribution in [2.75, 3.05) is 0 Å². The summed E-state index contributed by atoms with van der Waals surface area (Å²) >= 11 is 1.66. The van der Waals surface area contributed by atoms with Crippen LogP contribution < -0.4 is 0 Å². The number of halogens is 3.